The van der Waals surface area contributed by atoms with Crippen molar-refractivity contribution < 1.29 is 9.53 Å². The zero-order chi connectivity index (χ0) is 21.8. The van der Waals surface area contributed by atoms with Gasteiger partial charge in [0.25, 0.3) is 0 Å². The number of nitrogens with two attached hydrogens (primary N) is 1. The lowest BCUT2D eigenvalue weighted by molar-refractivity contribution is -0.117. The monoisotopic (exact) mass is 422 g/mol. The fraction of sp³-hybridized carbons (Fsp3) is 0.560. The fourth-order valence-electron chi connectivity index (χ4n) is 4.87. The van der Waals surface area contributed by atoms with Gasteiger partial charge in [-0.2, -0.15) is 0 Å². The summed E-state index contributed by atoms with van der Waals surface area (Å²) in [6, 6.07) is 5.90. The van der Waals surface area contributed by atoms with Crippen molar-refractivity contribution in [2.24, 2.45) is 23.5 Å². The van der Waals surface area contributed by atoms with Gasteiger partial charge in [0.15, 0.2) is 0 Å². The lowest BCUT2D eigenvalue weighted by atomic mass is 9.90. The molecule has 2 fully saturated rings. The number of anilines is 1. The topological polar surface area (TPSA) is 81.3 Å². The fourth-order valence-corrected chi connectivity index (χ4v) is 4.87. The summed E-state index contributed by atoms with van der Waals surface area (Å²) in [4.78, 5) is 22.5. The smallest absolute Gasteiger partial charge is 0.225 e. The van der Waals surface area contributed by atoms with Gasteiger partial charge >= 0.3 is 0 Å². The van der Waals surface area contributed by atoms with Crippen LogP contribution in [0.5, 0.6) is 5.75 Å². The average molecular weight is 423 g/mol. The molecule has 0 radical (unpaired) electrons. The van der Waals surface area contributed by atoms with Gasteiger partial charge in [0.2, 0.25) is 11.9 Å². The van der Waals surface area contributed by atoms with Crippen LogP contribution in [0.25, 0.3) is 0 Å². The van der Waals surface area contributed by atoms with Gasteiger partial charge in [0.1, 0.15) is 5.75 Å². The summed E-state index contributed by atoms with van der Waals surface area (Å²) in [5.74, 6) is 3.94. The first-order valence-corrected chi connectivity index (χ1v) is 11.6. The van der Waals surface area contributed by atoms with Crippen molar-refractivity contribution in [3.05, 3.63) is 47.3 Å². The SMILES string of the molecule is CCc1cnc(N2CCC([C@H]3C[C@H]3CCOc3ccc(CC(N)=O)c(C)c3)CC2)nc1. The molecule has 4 rings (SSSR count). The third-order valence-corrected chi connectivity index (χ3v) is 6.94. The highest BCUT2D eigenvalue weighted by atomic mass is 16.5. The largest absolute Gasteiger partial charge is 0.494 e. The van der Waals surface area contributed by atoms with E-state index in [1.54, 1.807) is 0 Å². The minimum Gasteiger partial charge on any atom is -0.494 e. The van der Waals surface area contributed by atoms with Crippen molar-refractivity contribution in [2.75, 3.05) is 24.6 Å². The molecule has 1 amide bonds. The number of carbonyl (C=O) groups is 1. The number of ether oxygens (including phenoxy) is 1. The predicted molar refractivity (Wildman–Crippen MR) is 122 cm³/mol. The molecule has 31 heavy (non-hydrogen) atoms. The normalized spacial score (nSPS) is 21.2. The first kappa shape index (κ1) is 21.6. The molecular weight excluding hydrogens is 388 g/mol. The Morgan fingerprint density at radius 2 is 1.97 bits per heavy atom. The highest BCUT2D eigenvalue weighted by Crippen LogP contribution is 2.49. The van der Waals surface area contributed by atoms with E-state index in [2.05, 4.69) is 21.8 Å². The molecule has 1 aromatic carbocycles. The van der Waals surface area contributed by atoms with E-state index in [0.29, 0.717) is 0 Å². The van der Waals surface area contributed by atoms with E-state index in [9.17, 15) is 4.79 Å². The van der Waals surface area contributed by atoms with Crippen molar-refractivity contribution >= 4 is 11.9 Å². The molecule has 2 atom stereocenters. The number of benzene rings is 1. The third-order valence-electron chi connectivity index (χ3n) is 6.94. The molecular formula is C25H34N4O2. The molecule has 2 N–H and O–H groups in total. The molecule has 1 saturated heterocycles. The van der Waals surface area contributed by atoms with Crippen LogP contribution in [0.15, 0.2) is 30.6 Å². The number of aromatic nitrogens is 2. The summed E-state index contributed by atoms with van der Waals surface area (Å²) in [6.07, 6.45) is 10.1. The summed E-state index contributed by atoms with van der Waals surface area (Å²) in [6.45, 7) is 7.01. The molecule has 6 nitrogen and oxygen atoms in total. The molecule has 0 spiro atoms. The summed E-state index contributed by atoms with van der Waals surface area (Å²) in [5.41, 5.74) is 8.52. The van der Waals surface area contributed by atoms with Gasteiger partial charge in [0, 0.05) is 25.5 Å². The molecule has 1 saturated carbocycles. The van der Waals surface area contributed by atoms with Crippen LogP contribution in [0.4, 0.5) is 5.95 Å². The van der Waals surface area contributed by atoms with Gasteiger partial charge in [-0.15, -0.1) is 0 Å². The average Bonchev–Trinajstić information content (AvgIpc) is 3.55. The number of nitrogens with zero attached hydrogens (tertiary/aromatic N) is 3. The van der Waals surface area contributed by atoms with Crippen molar-refractivity contribution in [1.29, 1.82) is 0 Å². The van der Waals surface area contributed by atoms with Crippen molar-refractivity contribution in [3.8, 4) is 5.75 Å². The Bertz CT molecular complexity index is 891. The number of aryl methyl sites for hydroxylation is 2. The number of hydrogen-bond donors (Lipinski definition) is 1. The van der Waals surface area contributed by atoms with E-state index < -0.39 is 0 Å². The first-order chi connectivity index (χ1) is 15.0. The maximum Gasteiger partial charge on any atom is 0.225 e. The Labute approximate surface area is 185 Å². The molecule has 2 aromatic rings. The Hall–Kier alpha value is -2.63. The molecule has 2 heterocycles. The van der Waals surface area contributed by atoms with E-state index in [-0.39, 0.29) is 12.3 Å². The minimum atomic E-state index is -0.302. The number of amides is 1. The van der Waals surface area contributed by atoms with E-state index in [4.69, 9.17) is 10.5 Å². The molecule has 6 heteroatoms. The van der Waals surface area contributed by atoms with Crippen LogP contribution in [-0.2, 0) is 17.6 Å². The van der Waals surface area contributed by atoms with Gasteiger partial charge in [-0.25, -0.2) is 9.97 Å². The number of piperidine rings is 1. The lowest BCUT2D eigenvalue weighted by Crippen LogP contribution is -2.35. The van der Waals surface area contributed by atoms with Crippen LogP contribution in [0.1, 0.15) is 49.3 Å². The van der Waals surface area contributed by atoms with Crippen molar-refractivity contribution in [1.82, 2.24) is 9.97 Å². The quantitative estimate of drug-likeness (QED) is 0.666. The summed E-state index contributed by atoms with van der Waals surface area (Å²) >= 11 is 0. The molecule has 1 aliphatic carbocycles. The second kappa shape index (κ2) is 9.67. The van der Waals surface area contributed by atoms with E-state index >= 15 is 0 Å². The standard InChI is InChI=1S/C25H34N4O2/c1-3-18-15-27-25(28-16-18)29-9-6-19(7-10-29)23-13-21(23)8-11-31-22-5-4-20(14-24(26)30)17(2)12-22/h4-5,12,15-16,19,21,23H,3,6-11,13-14H2,1-2H3,(H2,26,30)/t21-,23-/m1/s1. The molecule has 1 aromatic heterocycles. The Kier molecular flexibility index (Phi) is 6.73. The van der Waals surface area contributed by atoms with Gasteiger partial charge in [0.05, 0.1) is 13.0 Å². The zero-order valence-corrected chi connectivity index (χ0v) is 18.7. The van der Waals surface area contributed by atoms with Crippen molar-refractivity contribution in [3.63, 3.8) is 0 Å². The van der Waals surface area contributed by atoms with Gasteiger partial charge < -0.3 is 15.4 Å². The highest BCUT2D eigenvalue weighted by molar-refractivity contribution is 5.77. The van der Waals surface area contributed by atoms with Crippen LogP contribution >= 0.6 is 0 Å². The second-order valence-electron chi connectivity index (χ2n) is 9.10. The van der Waals surface area contributed by atoms with E-state index in [1.165, 1.54) is 24.8 Å². The molecule has 0 bridgehead atoms. The zero-order valence-electron chi connectivity index (χ0n) is 18.7. The maximum absolute atomic E-state index is 11.1. The third kappa shape index (κ3) is 5.54. The number of primary amides is 1. The number of carbonyl (C=O) groups excluding carboxylic acids is 1. The van der Waals surface area contributed by atoms with Crippen LogP contribution < -0.4 is 15.4 Å². The minimum absolute atomic E-state index is 0.283. The molecule has 166 valence electrons. The lowest BCUT2D eigenvalue weighted by Gasteiger charge is -2.32. The summed E-state index contributed by atoms with van der Waals surface area (Å²) < 4.78 is 5.99. The highest BCUT2D eigenvalue weighted by Gasteiger charge is 2.43. The molecule has 0 unspecified atom stereocenters. The molecule has 1 aliphatic heterocycles. The summed E-state index contributed by atoms with van der Waals surface area (Å²) in [5, 5.41) is 0. The van der Waals surface area contributed by atoms with Crippen LogP contribution in [0.2, 0.25) is 0 Å². The number of hydrogen-bond acceptors (Lipinski definition) is 5. The Morgan fingerprint density at radius 1 is 1.23 bits per heavy atom. The number of rotatable bonds is 9. The summed E-state index contributed by atoms with van der Waals surface area (Å²) in [7, 11) is 0. The Balaban J connectivity index is 1.17. The van der Waals surface area contributed by atoms with Gasteiger partial charge in [-0.05, 0) is 85.6 Å². The maximum atomic E-state index is 11.1. The van der Waals surface area contributed by atoms with Gasteiger partial charge in [-0.1, -0.05) is 13.0 Å². The van der Waals surface area contributed by atoms with Gasteiger partial charge in [-0.3, -0.25) is 4.79 Å². The van der Waals surface area contributed by atoms with E-state index in [1.807, 2.05) is 37.5 Å². The first-order valence-electron chi connectivity index (χ1n) is 11.6. The van der Waals surface area contributed by atoms with Crippen LogP contribution in [0.3, 0.4) is 0 Å². The Morgan fingerprint density at radius 3 is 2.61 bits per heavy atom. The van der Waals surface area contributed by atoms with Crippen molar-refractivity contribution in [2.45, 2.75) is 52.4 Å². The van der Waals surface area contributed by atoms with Crippen LogP contribution in [0, 0.1) is 24.7 Å². The van der Waals surface area contributed by atoms with E-state index in [0.717, 1.165) is 73.1 Å². The predicted octanol–water partition coefficient (Wildman–Crippen LogP) is 3.70. The molecule has 2 aliphatic rings. The van der Waals surface area contributed by atoms with Crippen LogP contribution in [-0.4, -0.2) is 35.6 Å². The second-order valence-corrected chi connectivity index (χ2v) is 9.10.